The molecule has 0 aromatic heterocycles. The molecule has 108 valence electrons. The van der Waals surface area contributed by atoms with Gasteiger partial charge in [0.2, 0.25) is 9.84 Å². The van der Waals surface area contributed by atoms with Gasteiger partial charge in [0.25, 0.3) is 0 Å². The fourth-order valence-corrected chi connectivity index (χ4v) is 3.72. The van der Waals surface area contributed by atoms with Gasteiger partial charge in [0.1, 0.15) is 11.8 Å². The molecular weight excluding hydrogens is 286 g/mol. The Labute approximate surface area is 124 Å². The number of benzene rings is 2. The number of hydrogen-bond acceptors (Lipinski definition) is 4. The molecule has 2 aromatic carbocycles. The Kier molecular flexibility index (Phi) is 4.01. The smallest absolute Gasteiger partial charge is 0.208 e. The number of aryl methyl sites for hydroxylation is 2. The summed E-state index contributed by atoms with van der Waals surface area (Å²) in [5.74, 6) is 0.472. The zero-order valence-corrected chi connectivity index (χ0v) is 12.9. The predicted octanol–water partition coefficient (Wildman–Crippen LogP) is 3.02. The predicted molar refractivity (Wildman–Crippen MR) is 79.1 cm³/mol. The topological polar surface area (TPSA) is 67.2 Å². The molecule has 0 saturated carbocycles. The Morgan fingerprint density at radius 2 is 1.86 bits per heavy atom. The van der Waals surface area contributed by atoms with Crippen molar-refractivity contribution < 1.29 is 13.2 Å². The van der Waals surface area contributed by atoms with Gasteiger partial charge in [0.15, 0.2) is 0 Å². The molecule has 2 aromatic rings. The monoisotopic (exact) mass is 301 g/mol. The van der Waals surface area contributed by atoms with Gasteiger partial charge in [0.05, 0.1) is 22.5 Å². The molecule has 0 atom stereocenters. The van der Waals surface area contributed by atoms with Crippen LogP contribution in [0.5, 0.6) is 5.75 Å². The zero-order valence-electron chi connectivity index (χ0n) is 12.0. The Balaban J connectivity index is 2.72. The Bertz CT molecular complexity index is 833. The molecule has 0 radical (unpaired) electrons. The lowest BCUT2D eigenvalue weighted by Gasteiger charge is -2.10. The van der Waals surface area contributed by atoms with Crippen LogP contribution in [-0.4, -0.2) is 15.5 Å². The summed E-state index contributed by atoms with van der Waals surface area (Å²) < 4.78 is 30.7. The van der Waals surface area contributed by atoms with Crippen LogP contribution in [0.15, 0.2) is 46.2 Å². The molecule has 4 nitrogen and oxygen atoms in total. The van der Waals surface area contributed by atoms with E-state index in [0.717, 1.165) is 5.56 Å². The normalized spacial score (nSPS) is 11.0. The van der Waals surface area contributed by atoms with Crippen LogP contribution in [0, 0.1) is 25.2 Å². The molecule has 21 heavy (non-hydrogen) atoms. The summed E-state index contributed by atoms with van der Waals surface area (Å²) in [6, 6.07) is 11.6. The van der Waals surface area contributed by atoms with Crippen LogP contribution < -0.4 is 4.74 Å². The molecule has 0 spiro atoms. The zero-order chi connectivity index (χ0) is 15.6. The van der Waals surface area contributed by atoms with Gasteiger partial charge in [-0.15, -0.1) is 0 Å². The van der Waals surface area contributed by atoms with E-state index in [0.29, 0.717) is 11.3 Å². The average molecular weight is 301 g/mol. The van der Waals surface area contributed by atoms with Gasteiger partial charge in [0, 0.05) is 0 Å². The first kappa shape index (κ1) is 15.1. The second-order valence-corrected chi connectivity index (χ2v) is 6.67. The summed E-state index contributed by atoms with van der Waals surface area (Å²) in [4.78, 5) is 0.152. The van der Waals surface area contributed by atoms with Gasteiger partial charge in [-0.25, -0.2) is 8.42 Å². The molecule has 0 N–H and O–H groups in total. The van der Waals surface area contributed by atoms with Crippen molar-refractivity contribution in [3.8, 4) is 11.8 Å². The Hall–Kier alpha value is -2.32. The highest BCUT2D eigenvalue weighted by Crippen LogP contribution is 2.28. The van der Waals surface area contributed by atoms with E-state index in [1.165, 1.54) is 19.2 Å². The minimum absolute atomic E-state index is 0.0256. The minimum Gasteiger partial charge on any atom is -0.497 e. The lowest BCUT2D eigenvalue weighted by molar-refractivity contribution is 0.413. The first-order valence-electron chi connectivity index (χ1n) is 6.30. The molecule has 0 saturated heterocycles. The SMILES string of the molecule is COc1cc(C)cc(S(=O)(=O)c2cccc(C)c2C#N)c1. The Morgan fingerprint density at radius 3 is 2.48 bits per heavy atom. The third-order valence-electron chi connectivity index (χ3n) is 3.21. The van der Waals surface area contributed by atoms with Gasteiger partial charge < -0.3 is 4.74 Å². The van der Waals surface area contributed by atoms with Crippen molar-refractivity contribution in [3.63, 3.8) is 0 Å². The van der Waals surface area contributed by atoms with Gasteiger partial charge in [-0.2, -0.15) is 5.26 Å². The van der Waals surface area contributed by atoms with Crippen LogP contribution in [-0.2, 0) is 9.84 Å². The molecule has 2 rings (SSSR count). The standard InChI is InChI=1S/C16H15NO3S/c1-11-7-13(20-3)9-14(8-11)21(18,19)16-6-4-5-12(2)15(16)10-17/h4-9H,1-3H3. The summed E-state index contributed by atoms with van der Waals surface area (Å²) in [5.41, 5.74) is 1.59. The molecule has 5 heteroatoms. The maximum absolute atomic E-state index is 12.8. The van der Waals surface area contributed by atoms with Crippen molar-refractivity contribution in [1.29, 1.82) is 5.26 Å². The van der Waals surface area contributed by atoms with E-state index in [2.05, 4.69) is 0 Å². The fourth-order valence-electron chi connectivity index (χ4n) is 2.12. The van der Waals surface area contributed by atoms with Gasteiger partial charge in [-0.05, 0) is 49.2 Å². The summed E-state index contributed by atoms with van der Waals surface area (Å²) in [6.07, 6.45) is 0. The number of nitriles is 1. The third kappa shape index (κ3) is 2.76. The van der Waals surface area contributed by atoms with Crippen molar-refractivity contribution in [1.82, 2.24) is 0 Å². The molecule has 0 aliphatic carbocycles. The first-order valence-corrected chi connectivity index (χ1v) is 7.79. The van der Waals surface area contributed by atoms with Crippen LogP contribution in [0.2, 0.25) is 0 Å². The summed E-state index contributed by atoms with van der Waals surface area (Å²) in [5, 5.41) is 9.23. The van der Waals surface area contributed by atoms with Crippen molar-refractivity contribution in [2.75, 3.05) is 7.11 Å². The molecule has 0 heterocycles. The number of methoxy groups -OCH3 is 1. The lowest BCUT2D eigenvalue weighted by Crippen LogP contribution is -2.06. The number of rotatable bonds is 3. The van der Waals surface area contributed by atoms with E-state index in [1.807, 2.05) is 6.07 Å². The van der Waals surface area contributed by atoms with Crippen LogP contribution in [0.25, 0.3) is 0 Å². The van der Waals surface area contributed by atoms with E-state index in [9.17, 15) is 13.7 Å². The highest BCUT2D eigenvalue weighted by molar-refractivity contribution is 7.91. The molecule has 0 fully saturated rings. The first-order chi connectivity index (χ1) is 9.90. The molecule has 0 aliphatic heterocycles. The second-order valence-electron chi connectivity index (χ2n) is 4.75. The van der Waals surface area contributed by atoms with E-state index >= 15 is 0 Å². The third-order valence-corrected chi connectivity index (χ3v) is 4.98. The minimum atomic E-state index is -3.76. The van der Waals surface area contributed by atoms with E-state index in [-0.39, 0.29) is 15.4 Å². The maximum atomic E-state index is 12.8. The largest absolute Gasteiger partial charge is 0.497 e. The highest BCUT2D eigenvalue weighted by atomic mass is 32.2. The second kappa shape index (κ2) is 5.58. The van der Waals surface area contributed by atoms with Gasteiger partial charge >= 0.3 is 0 Å². The molecule has 0 aliphatic rings. The number of hydrogen-bond donors (Lipinski definition) is 0. The van der Waals surface area contributed by atoms with Gasteiger partial charge in [-0.3, -0.25) is 0 Å². The van der Waals surface area contributed by atoms with Crippen LogP contribution in [0.1, 0.15) is 16.7 Å². The van der Waals surface area contributed by atoms with E-state index in [1.54, 1.807) is 38.1 Å². The van der Waals surface area contributed by atoms with Crippen LogP contribution >= 0.6 is 0 Å². The summed E-state index contributed by atoms with van der Waals surface area (Å²) in [6.45, 7) is 3.51. The quantitative estimate of drug-likeness (QED) is 0.874. The van der Waals surface area contributed by atoms with Crippen molar-refractivity contribution >= 4 is 9.84 Å². The van der Waals surface area contributed by atoms with Crippen molar-refractivity contribution in [3.05, 3.63) is 53.1 Å². The van der Waals surface area contributed by atoms with Gasteiger partial charge in [-0.1, -0.05) is 12.1 Å². The number of nitrogens with zero attached hydrogens (tertiary/aromatic N) is 1. The Morgan fingerprint density at radius 1 is 1.14 bits per heavy atom. The van der Waals surface area contributed by atoms with E-state index in [4.69, 9.17) is 4.74 Å². The maximum Gasteiger partial charge on any atom is 0.208 e. The average Bonchev–Trinajstić information content (AvgIpc) is 2.46. The van der Waals surface area contributed by atoms with Crippen molar-refractivity contribution in [2.45, 2.75) is 23.6 Å². The van der Waals surface area contributed by atoms with Crippen LogP contribution in [0.4, 0.5) is 0 Å². The van der Waals surface area contributed by atoms with Crippen LogP contribution in [0.3, 0.4) is 0 Å². The lowest BCUT2D eigenvalue weighted by atomic mass is 10.1. The molecule has 0 bridgehead atoms. The molecule has 0 amide bonds. The number of ether oxygens (including phenoxy) is 1. The number of sulfone groups is 1. The molecule has 0 unspecified atom stereocenters. The highest BCUT2D eigenvalue weighted by Gasteiger charge is 2.23. The molecular formula is C16H15NO3S. The summed E-state index contributed by atoms with van der Waals surface area (Å²) in [7, 11) is -2.28. The van der Waals surface area contributed by atoms with Crippen molar-refractivity contribution in [2.24, 2.45) is 0 Å². The van der Waals surface area contributed by atoms with E-state index < -0.39 is 9.84 Å². The summed E-state index contributed by atoms with van der Waals surface area (Å²) >= 11 is 0. The fraction of sp³-hybridized carbons (Fsp3) is 0.188.